The summed E-state index contributed by atoms with van der Waals surface area (Å²) in [6.45, 7) is 3.91. The lowest BCUT2D eigenvalue weighted by atomic mass is 9.87. The molecule has 1 atom stereocenters. The van der Waals surface area contributed by atoms with Crippen LogP contribution >= 0.6 is 0 Å². The van der Waals surface area contributed by atoms with E-state index in [2.05, 4.69) is 0 Å². The van der Waals surface area contributed by atoms with Crippen molar-refractivity contribution in [3.8, 4) is 0 Å². The average Bonchev–Trinajstić information content (AvgIpc) is 2.84. The van der Waals surface area contributed by atoms with Crippen molar-refractivity contribution in [2.24, 2.45) is 0 Å². The molecule has 0 aromatic heterocycles. The fourth-order valence-electron chi connectivity index (χ4n) is 3.91. The molecule has 0 aliphatic carbocycles. The summed E-state index contributed by atoms with van der Waals surface area (Å²) in [6, 6.07) is 22.3. The first-order valence-corrected chi connectivity index (χ1v) is 11.0. The highest BCUT2D eigenvalue weighted by Gasteiger charge is 2.46. The molecule has 6 nitrogen and oxygen atoms in total. The maximum absolute atomic E-state index is 13.3. The van der Waals surface area contributed by atoms with Gasteiger partial charge in [0.15, 0.2) is 0 Å². The van der Waals surface area contributed by atoms with Gasteiger partial charge in [0.05, 0.1) is 0 Å². The second kappa shape index (κ2) is 9.35. The van der Waals surface area contributed by atoms with E-state index < -0.39 is 23.7 Å². The number of rotatable bonds is 6. The molecular weight excluding hydrogens is 428 g/mol. The van der Waals surface area contributed by atoms with Gasteiger partial charge in [-0.25, -0.2) is 4.79 Å². The van der Waals surface area contributed by atoms with Crippen LogP contribution in [0.2, 0.25) is 0 Å². The Bertz CT molecular complexity index is 1260. The minimum Gasteiger partial charge on any atom is -0.378 e. The van der Waals surface area contributed by atoms with Crippen LogP contribution in [0.4, 0.5) is 5.69 Å². The lowest BCUT2D eigenvalue weighted by Crippen LogP contribution is -2.52. The van der Waals surface area contributed by atoms with E-state index in [1.165, 1.54) is 6.08 Å². The lowest BCUT2D eigenvalue weighted by Gasteiger charge is -2.30. The molecule has 0 saturated carbocycles. The van der Waals surface area contributed by atoms with E-state index in [0.29, 0.717) is 10.6 Å². The first-order valence-electron chi connectivity index (χ1n) is 11.0. The number of anilines is 1. The number of hydrogen-bond acceptors (Lipinski definition) is 5. The molecule has 1 aliphatic rings. The van der Waals surface area contributed by atoms with Crippen LogP contribution in [-0.2, 0) is 19.2 Å². The summed E-state index contributed by atoms with van der Waals surface area (Å²) in [5.74, 6) is -2.73. The van der Waals surface area contributed by atoms with Gasteiger partial charge in [-0.05, 0) is 59.9 Å². The average molecular weight is 455 g/mol. The minimum absolute atomic E-state index is 0.0200. The van der Waals surface area contributed by atoms with Gasteiger partial charge in [0.2, 0.25) is 0 Å². The van der Waals surface area contributed by atoms with Gasteiger partial charge < -0.3 is 9.74 Å². The number of hydrogen-bond donors (Lipinski definition) is 0. The van der Waals surface area contributed by atoms with Crippen molar-refractivity contribution in [1.29, 1.82) is 0 Å². The molecule has 0 radical (unpaired) electrons. The highest BCUT2D eigenvalue weighted by Crippen LogP contribution is 2.32. The number of nitrogens with zero attached hydrogens (tertiary/aromatic N) is 2. The third-order valence-electron chi connectivity index (χ3n) is 6.06. The normalized spacial score (nSPS) is 13.9. The van der Waals surface area contributed by atoms with Gasteiger partial charge in [0, 0.05) is 19.8 Å². The van der Waals surface area contributed by atoms with E-state index in [1.54, 1.807) is 0 Å². The minimum atomic E-state index is -0.770. The molecule has 1 heterocycles. The maximum Gasteiger partial charge on any atom is 0.345 e. The number of imide groups is 1. The number of carbonyl (C=O) groups is 3. The third-order valence-corrected chi connectivity index (χ3v) is 6.06. The molecule has 0 spiro atoms. The first-order chi connectivity index (χ1) is 16.3. The number of β-lactam (4-membered cyclic amide) rings is 2. The van der Waals surface area contributed by atoms with E-state index in [4.69, 9.17) is 4.84 Å². The summed E-state index contributed by atoms with van der Waals surface area (Å²) in [4.78, 5) is 45.9. The smallest absolute Gasteiger partial charge is 0.345 e. The SMILES string of the molecule is Cc1cccc(C(C(=O)ON2C(=O)C(=Cc3ccc(N(C)C)cc3)C2=O)c2ccccc2)c1C. The Labute approximate surface area is 199 Å². The highest BCUT2D eigenvalue weighted by molar-refractivity contribution is 6.35. The van der Waals surface area contributed by atoms with Gasteiger partial charge in [-0.2, -0.15) is 0 Å². The number of benzene rings is 3. The Morgan fingerprint density at radius 3 is 2.15 bits per heavy atom. The molecule has 0 N–H and O–H groups in total. The molecule has 34 heavy (non-hydrogen) atoms. The summed E-state index contributed by atoms with van der Waals surface area (Å²) < 4.78 is 0. The molecule has 4 rings (SSSR count). The zero-order valence-corrected chi connectivity index (χ0v) is 19.6. The van der Waals surface area contributed by atoms with Crippen LogP contribution in [0, 0.1) is 13.8 Å². The molecule has 1 aliphatic heterocycles. The van der Waals surface area contributed by atoms with Crippen LogP contribution in [-0.4, -0.2) is 36.9 Å². The number of amides is 2. The van der Waals surface area contributed by atoms with Crippen molar-refractivity contribution in [3.63, 3.8) is 0 Å². The Morgan fingerprint density at radius 2 is 1.53 bits per heavy atom. The van der Waals surface area contributed by atoms with Crippen molar-refractivity contribution in [1.82, 2.24) is 5.06 Å². The van der Waals surface area contributed by atoms with Gasteiger partial charge in [0.25, 0.3) is 11.8 Å². The van der Waals surface area contributed by atoms with Gasteiger partial charge in [-0.3, -0.25) is 9.59 Å². The quantitative estimate of drug-likeness (QED) is 0.314. The molecule has 1 saturated heterocycles. The zero-order chi connectivity index (χ0) is 24.4. The molecule has 6 heteroatoms. The van der Waals surface area contributed by atoms with Crippen molar-refractivity contribution in [3.05, 3.63) is 106 Å². The summed E-state index contributed by atoms with van der Waals surface area (Å²) in [6.07, 6.45) is 1.51. The van der Waals surface area contributed by atoms with Crippen molar-refractivity contribution in [2.45, 2.75) is 19.8 Å². The molecule has 3 aromatic carbocycles. The van der Waals surface area contributed by atoms with Crippen molar-refractivity contribution in [2.75, 3.05) is 19.0 Å². The van der Waals surface area contributed by atoms with E-state index in [0.717, 1.165) is 27.9 Å². The summed E-state index contributed by atoms with van der Waals surface area (Å²) in [5, 5.41) is 0.545. The van der Waals surface area contributed by atoms with Gasteiger partial charge in [0.1, 0.15) is 11.5 Å². The Hall–Kier alpha value is -4.19. The predicted octanol–water partition coefficient (Wildman–Crippen LogP) is 4.41. The molecule has 3 aromatic rings. The Balaban J connectivity index is 1.56. The Kier molecular flexibility index (Phi) is 6.32. The molecular formula is C28H26N2O4. The molecule has 2 amide bonds. The third kappa shape index (κ3) is 4.35. The Morgan fingerprint density at radius 1 is 0.882 bits per heavy atom. The maximum atomic E-state index is 13.3. The van der Waals surface area contributed by atoms with Crippen LogP contribution in [0.1, 0.15) is 33.7 Å². The standard InChI is InChI=1S/C28H26N2O4/c1-18-9-8-12-23(19(18)2)25(21-10-6-5-7-11-21)28(33)34-30-26(31)24(27(30)32)17-20-13-15-22(16-14-20)29(3)4/h5-17,25H,1-4H3. The summed E-state index contributed by atoms with van der Waals surface area (Å²) in [7, 11) is 3.86. The fourth-order valence-corrected chi connectivity index (χ4v) is 3.91. The van der Waals surface area contributed by atoms with Crippen LogP contribution < -0.4 is 4.90 Å². The van der Waals surface area contributed by atoms with Crippen LogP contribution in [0.3, 0.4) is 0 Å². The molecule has 172 valence electrons. The van der Waals surface area contributed by atoms with E-state index >= 15 is 0 Å². The predicted molar refractivity (Wildman–Crippen MR) is 131 cm³/mol. The van der Waals surface area contributed by atoms with Crippen LogP contribution in [0.25, 0.3) is 6.08 Å². The van der Waals surface area contributed by atoms with Crippen molar-refractivity contribution < 1.29 is 19.2 Å². The largest absolute Gasteiger partial charge is 0.378 e. The van der Waals surface area contributed by atoms with Crippen LogP contribution in [0.15, 0.2) is 78.4 Å². The van der Waals surface area contributed by atoms with Crippen LogP contribution in [0.5, 0.6) is 0 Å². The van der Waals surface area contributed by atoms with Gasteiger partial charge in [-0.15, -0.1) is 0 Å². The van der Waals surface area contributed by atoms with Gasteiger partial charge in [-0.1, -0.05) is 65.7 Å². The van der Waals surface area contributed by atoms with E-state index in [-0.39, 0.29) is 5.57 Å². The number of aryl methyl sites for hydroxylation is 1. The second-order valence-electron chi connectivity index (χ2n) is 8.49. The zero-order valence-electron chi connectivity index (χ0n) is 19.6. The topological polar surface area (TPSA) is 66.9 Å². The molecule has 0 bridgehead atoms. The molecule has 1 fully saturated rings. The highest BCUT2D eigenvalue weighted by atomic mass is 16.7. The van der Waals surface area contributed by atoms with Crippen molar-refractivity contribution >= 4 is 29.5 Å². The fraction of sp³-hybridized carbons (Fsp3) is 0.179. The van der Waals surface area contributed by atoms with E-state index in [9.17, 15) is 14.4 Å². The molecule has 1 unspecified atom stereocenters. The lowest BCUT2D eigenvalue weighted by molar-refractivity contribution is -0.207. The second-order valence-corrected chi connectivity index (χ2v) is 8.49. The summed E-state index contributed by atoms with van der Waals surface area (Å²) in [5.41, 5.74) is 5.18. The first kappa shape index (κ1) is 23.0. The summed E-state index contributed by atoms with van der Waals surface area (Å²) >= 11 is 0. The van der Waals surface area contributed by atoms with E-state index in [1.807, 2.05) is 106 Å². The number of carbonyl (C=O) groups excluding carboxylic acids is 3. The van der Waals surface area contributed by atoms with Gasteiger partial charge >= 0.3 is 5.97 Å². The monoisotopic (exact) mass is 454 g/mol. The number of hydroxylamine groups is 2.